The summed E-state index contributed by atoms with van der Waals surface area (Å²) in [6.07, 6.45) is -0.888. The zero-order valence-electron chi connectivity index (χ0n) is 23.1. The Morgan fingerprint density at radius 2 is 1.65 bits per heavy atom. The highest BCUT2D eigenvalue weighted by Gasteiger charge is 2.57. The number of carbonyl (C=O) groups excluding carboxylic acids is 1. The molecule has 2 aromatic carbocycles. The van der Waals surface area contributed by atoms with Crippen molar-refractivity contribution in [1.82, 2.24) is 4.31 Å². The smallest absolute Gasteiger partial charge is 0.424 e. The molecule has 1 amide bonds. The molecular formula is C28H38ClNO5S2. The second-order valence-electron chi connectivity index (χ2n) is 12.0. The molecule has 0 heterocycles. The van der Waals surface area contributed by atoms with Crippen LogP contribution in [-0.4, -0.2) is 42.8 Å². The summed E-state index contributed by atoms with van der Waals surface area (Å²) in [6.45, 7) is 14.6. The molecule has 2 aromatic rings. The first-order chi connectivity index (χ1) is 16.9. The zero-order valence-corrected chi connectivity index (χ0v) is 25.5. The molecule has 0 aliphatic heterocycles. The van der Waals surface area contributed by atoms with Crippen LogP contribution < -0.4 is 4.74 Å². The molecule has 0 aromatic heterocycles. The lowest BCUT2D eigenvalue weighted by Crippen LogP contribution is -2.51. The summed E-state index contributed by atoms with van der Waals surface area (Å²) in [4.78, 5) is 14.0. The van der Waals surface area contributed by atoms with Gasteiger partial charge in [0.1, 0.15) is 11.4 Å². The highest BCUT2D eigenvalue weighted by atomic mass is 35.5. The largest absolute Gasteiger partial charge is 0.496 e. The molecule has 0 spiro atoms. The minimum absolute atomic E-state index is 0.0603. The molecule has 1 aliphatic carbocycles. The third-order valence-electron chi connectivity index (χ3n) is 6.54. The molecule has 0 unspecified atom stereocenters. The molecule has 0 N–H and O–H groups in total. The van der Waals surface area contributed by atoms with Gasteiger partial charge >= 0.3 is 6.09 Å². The lowest BCUT2D eigenvalue weighted by Gasteiger charge is -2.35. The topological polar surface area (TPSA) is 72.9 Å². The molecule has 2 atom stereocenters. The number of benzene rings is 2. The number of hydrogen-bond donors (Lipinski definition) is 0. The van der Waals surface area contributed by atoms with Gasteiger partial charge in [0.15, 0.2) is 0 Å². The summed E-state index contributed by atoms with van der Waals surface area (Å²) in [7, 11) is -2.48. The van der Waals surface area contributed by atoms with E-state index in [4.69, 9.17) is 21.1 Å². The number of carbonyl (C=O) groups is 1. The van der Waals surface area contributed by atoms with E-state index in [1.165, 1.54) is 0 Å². The number of sulfonamides is 1. The molecule has 3 rings (SSSR count). The first-order valence-corrected chi connectivity index (χ1v) is 15.0. The van der Waals surface area contributed by atoms with E-state index in [9.17, 15) is 13.2 Å². The summed E-state index contributed by atoms with van der Waals surface area (Å²) < 4.78 is 38.8. The fourth-order valence-electron chi connectivity index (χ4n) is 4.65. The second-order valence-corrected chi connectivity index (χ2v) is 15.3. The number of ether oxygens (including phenoxy) is 2. The van der Waals surface area contributed by atoms with Crippen molar-refractivity contribution in [2.75, 3.05) is 12.9 Å². The molecule has 0 saturated heterocycles. The van der Waals surface area contributed by atoms with Crippen LogP contribution in [0.5, 0.6) is 5.75 Å². The van der Waals surface area contributed by atoms with E-state index < -0.39 is 27.3 Å². The van der Waals surface area contributed by atoms with Crippen molar-refractivity contribution in [1.29, 1.82) is 0 Å². The molecule has 6 nitrogen and oxygen atoms in total. The third kappa shape index (κ3) is 6.58. The Morgan fingerprint density at radius 3 is 2.16 bits per heavy atom. The van der Waals surface area contributed by atoms with E-state index in [0.29, 0.717) is 10.9 Å². The van der Waals surface area contributed by atoms with Crippen LogP contribution in [0, 0.1) is 11.3 Å². The fourth-order valence-corrected chi connectivity index (χ4v) is 8.02. The monoisotopic (exact) mass is 567 g/mol. The minimum Gasteiger partial charge on any atom is -0.496 e. The molecule has 1 saturated carbocycles. The summed E-state index contributed by atoms with van der Waals surface area (Å²) in [5, 5.41) is 0.669. The SMILES string of the molecule is COc1ccc(Cl)cc1SC[C@H]1[C@H](c2ccc(S(=O)(=O)N(C(=O)OC(C)(C)C)C(C)(C)C)cc2)C1(C)C. The van der Waals surface area contributed by atoms with E-state index in [1.54, 1.807) is 72.5 Å². The van der Waals surface area contributed by atoms with Crippen molar-refractivity contribution in [3.8, 4) is 5.75 Å². The molecular weight excluding hydrogens is 530 g/mol. The van der Waals surface area contributed by atoms with Gasteiger partial charge in [-0.15, -0.1) is 11.8 Å². The van der Waals surface area contributed by atoms with Gasteiger partial charge in [-0.25, -0.2) is 13.2 Å². The van der Waals surface area contributed by atoms with Gasteiger partial charge in [0, 0.05) is 10.8 Å². The maximum Gasteiger partial charge on any atom is 0.424 e. The predicted molar refractivity (Wildman–Crippen MR) is 150 cm³/mol. The Morgan fingerprint density at radius 1 is 1.05 bits per heavy atom. The van der Waals surface area contributed by atoms with Crippen LogP contribution in [0.15, 0.2) is 52.3 Å². The molecule has 0 radical (unpaired) electrons. The number of methoxy groups -OCH3 is 1. The Bertz CT molecular complexity index is 1240. The standard InChI is InChI=1S/C28H38ClNO5S2/c1-26(2,3)30(25(31)35-27(4,5)6)37(32,33)20-13-10-18(11-14-20)24-21(28(24,7)8)17-36-23-16-19(29)12-15-22(23)34-9/h10-16,21,24H,17H2,1-9H3/t21-,24-/m0/s1. The van der Waals surface area contributed by atoms with Gasteiger partial charge < -0.3 is 9.47 Å². The highest BCUT2D eigenvalue weighted by Crippen LogP contribution is 2.65. The van der Waals surface area contributed by atoms with Crippen LogP contribution in [0.1, 0.15) is 66.9 Å². The lowest BCUT2D eigenvalue weighted by molar-refractivity contribution is 0.0282. The van der Waals surface area contributed by atoms with Gasteiger partial charge in [-0.05, 0) is 94.7 Å². The minimum atomic E-state index is -4.12. The van der Waals surface area contributed by atoms with Crippen LogP contribution in [-0.2, 0) is 14.8 Å². The number of amides is 1. The number of rotatable bonds is 7. The second kappa shape index (κ2) is 10.3. The van der Waals surface area contributed by atoms with Crippen molar-refractivity contribution < 1.29 is 22.7 Å². The molecule has 1 fully saturated rings. The maximum atomic E-state index is 13.5. The van der Waals surface area contributed by atoms with Gasteiger partial charge in [0.05, 0.1) is 22.4 Å². The Kier molecular flexibility index (Phi) is 8.29. The Hall–Kier alpha value is -1.90. The summed E-state index contributed by atoms with van der Waals surface area (Å²) in [6, 6.07) is 12.5. The summed E-state index contributed by atoms with van der Waals surface area (Å²) >= 11 is 7.90. The zero-order chi connectivity index (χ0) is 28.0. The van der Waals surface area contributed by atoms with Gasteiger partial charge in [-0.2, -0.15) is 4.31 Å². The average Bonchev–Trinajstić information content (AvgIpc) is 3.29. The van der Waals surface area contributed by atoms with E-state index in [2.05, 4.69) is 13.8 Å². The van der Waals surface area contributed by atoms with Crippen LogP contribution in [0.3, 0.4) is 0 Å². The van der Waals surface area contributed by atoms with E-state index in [0.717, 1.165) is 26.3 Å². The van der Waals surface area contributed by atoms with Gasteiger partial charge in [-0.1, -0.05) is 37.6 Å². The quantitative estimate of drug-likeness (QED) is 0.321. The van der Waals surface area contributed by atoms with Crippen LogP contribution >= 0.6 is 23.4 Å². The van der Waals surface area contributed by atoms with Crippen molar-refractivity contribution in [3.05, 3.63) is 53.1 Å². The highest BCUT2D eigenvalue weighted by molar-refractivity contribution is 7.99. The van der Waals surface area contributed by atoms with E-state index in [-0.39, 0.29) is 16.2 Å². The number of thioether (sulfide) groups is 1. The lowest BCUT2D eigenvalue weighted by atomic mass is 10.0. The Balaban J connectivity index is 1.80. The predicted octanol–water partition coefficient (Wildman–Crippen LogP) is 7.60. The van der Waals surface area contributed by atoms with E-state index >= 15 is 0 Å². The van der Waals surface area contributed by atoms with Crippen molar-refractivity contribution in [3.63, 3.8) is 0 Å². The fraction of sp³-hybridized carbons (Fsp3) is 0.536. The maximum absolute atomic E-state index is 13.5. The van der Waals surface area contributed by atoms with Crippen LogP contribution in [0.25, 0.3) is 0 Å². The van der Waals surface area contributed by atoms with Crippen molar-refractivity contribution >= 4 is 39.5 Å². The van der Waals surface area contributed by atoms with Crippen molar-refractivity contribution in [2.45, 2.75) is 82.2 Å². The molecule has 0 bridgehead atoms. The third-order valence-corrected chi connectivity index (χ3v) is 9.98. The average molecular weight is 568 g/mol. The number of halogens is 1. The molecule has 1 aliphatic rings. The molecule has 9 heteroatoms. The summed E-state index contributed by atoms with van der Waals surface area (Å²) in [5.41, 5.74) is -0.679. The molecule has 37 heavy (non-hydrogen) atoms. The van der Waals surface area contributed by atoms with Crippen molar-refractivity contribution in [2.24, 2.45) is 11.3 Å². The van der Waals surface area contributed by atoms with Gasteiger partial charge in [0.2, 0.25) is 0 Å². The normalized spacial score (nSPS) is 19.3. The molecule has 204 valence electrons. The van der Waals surface area contributed by atoms with Gasteiger partial charge in [-0.3, -0.25) is 0 Å². The number of hydrogen-bond acceptors (Lipinski definition) is 6. The van der Waals surface area contributed by atoms with Crippen LogP contribution in [0.4, 0.5) is 4.79 Å². The first-order valence-electron chi connectivity index (χ1n) is 12.2. The van der Waals surface area contributed by atoms with E-state index in [1.807, 2.05) is 30.3 Å². The Labute approximate surface area is 231 Å². The number of nitrogens with zero attached hydrogens (tertiary/aromatic N) is 1. The first kappa shape index (κ1) is 29.7. The summed E-state index contributed by atoms with van der Waals surface area (Å²) in [5.74, 6) is 2.36. The van der Waals surface area contributed by atoms with Gasteiger partial charge in [0.25, 0.3) is 10.0 Å². The van der Waals surface area contributed by atoms with Crippen LogP contribution in [0.2, 0.25) is 5.02 Å².